The molecule has 1 atom stereocenters. The highest BCUT2D eigenvalue weighted by Crippen LogP contribution is 2.19. The van der Waals surface area contributed by atoms with Gasteiger partial charge in [0.2, 0.25) is 10.0 Å². The van der Waals surface area contributed by atoms with Gasteiger partial charge in [0.15, 0.2) is 5.96 Å². The molecule has 20 heavy (non-hydrogen) atoms. The fourth-order valence-corrected chi connectivity index (χ4v) is 3.79. The summed E-state index contributed by atoms with van der Waals surface area (Å²) in [6.45, 7) is 3.82. The van der Waals surface area contributed by atoms with Crippen molar-refractivity contribution in [3.63, 3.8) is 0 Å². The molecule has 2 saturated heterocycles. The van der Waals surface area contributed by atoms with Gasteiger partial charge in [-0.15, -0.1) is 0 Å². The Balaban J connectivity index is 1.83. The van der Waals surface area contributed by atoms with E-state index >= 15 is 0 Å². The number of hydrogen-bond donors (Lipinski definition) is 1. The summed E-state index contributed by atoms with van der Waals surface area (Å²) in [5.74, 6) is 0.931. The molecule has 0 aromatic carbocycles. The molecule has 0 bridgehead atoms. The number of guanidine groups is 1. The summed E-state index contributed by atoms with van der Waals surface area (Å²) in [6.07, 6.45) is 7.06. The van der Waals surface area contributed by atoms with E-state index in [1.807, 2.05) is 0 Å². The van der Waals surface area contributed by atoms with E-state index < -0.39 is 10.0 Å². The van der Waals surface area contributed by atoms with Crippen molar-refractivity contribution in [1.29, 1.82) is 0 Å². The molecule has 2 heterocycles. The van der Waals surface area contributed by atoms with Crippen molar-refractivity contribution < 1.29 is 8.42 Å². The van der Waals surface area contributed by atoms with E-state index in [-0.39, 0.29) is 0 Å². The monoisotopic (exact) mass is 302 g/mol. The summed E-state index contributed by atoms with van der Waals surface area (Å²) in [6, 6.07) is 0. The van der Waals surface area contributed by atoms with Gasteiger partial charge in [-0.1, -0.05) is 12.8 Å². The Morgan fingerprint density at radius 3 is 2.40 bits per heavy atom. The lowest BCUT2D eigenvalue weighted by Gasteiger charge is -2.21. The van der Waals surface area contributed by atoms with Crippen molar-refractivity contribution in [2.75, 3.05) is 39.0 Å². The van der Waals surface area contributed by atoms with E-state index in [0.29, 0.717) is 31.5 Å². The van der Waals surface area contributed by atoms with Gasteiger partial charge in [0.25, 0.3) is 0 Å². The lowest BCUT2D eigenvalue weighted by atomic mass is 10.1. The van der Waals surface area contributed by atoms with Gasteiger partial charge in [-0.2, -0.15) is 0 Å². The van der Waals surface area contributed by atoms with E-state index in [4.69, 9.17) is 5.73 Å². The van der Waals surface area contributed by atoms with Crippen LogP contribution in [-0.4, -0.2) is 62.6 Å². The molecule has 2 N–H and O–H groups in total. The number of likely N-dealkylation sites (tertiary alicyclic amines) is 1. The lowest BCUT2D eigenvalue weighted by molar-refractivity contribution is 0.424. The highest BCUT2D eigenvalue weighted by molar-refractivity contribution is 7.88. The lowest BCUT2D eigenvalue weighted by Crippen LogP contribution is -2.38. The van der Waals surface area contributed by atoms with Crippen molar-refractivity contribution in [3.8, 4) is 0 Å². The van der Waals surface area contributed by atoms with Gasteiger partial charge < -0.3 is 10.6 Å². The SMILES string of the molecule is CS(=O)(=O)N1CC[C@H](CN=C(N)N2CCCCCC2)C1. The van der Waals surface area contributed by atoms with E-state index in [1.54, 1.807) is 0 Å². The van der Waals surface area contributed by atoms with Gasteiger partial charge in [0.05, 0.1) is 6.26 Å². The predicted molar refractivity (Wildman–Crippen MR) is 81.1 cm³/mol. The summed E-state index contributed by atoms with van der Waals surface area (Å²) in [5, 5.41) is 0. The molecule has 2 aliphatic rings. The Hall–Kier alpha value is -0.820. The Bertz CT molecular complexity index is 441. The zero-order valence-corrected chi connectivity index (χ0v) is 13.1. The van der Waals surface area contributed by atoms with Crippen LogP contribution in [0.2, 0.25) is 0 Å². The third kappa shape index (κ3) is 4.34. The molecule has 7 heteroatoms. The Morgan fingerprint density at radius 2 is 1.85 bits per heavy atom. The fraction of sp³-hybridized carbons (Fsp3) is 0.923. The molecule has 0 aromatic heterocycles. The average Bonchev–Trinajstić information content (AvgIpc) is 2.70. The number of nitrogens with zero attached hydrogens (tertiary/aromatic N) is 3. The van der Waals surface area contributed by atoms with Crippen LogP contribution >= 0.6 is 0 Å². The van der Waals surface area contributed by atoms with Gasteiger partial charge in [0.1, 0.15) is 0 Å². The van der Waals surface area contributed by atoms with Gasteiger partial charge in [-0.25, -0.2) is 12.7 Å². The summed E-state index contributed by atoms with van der Waals surface area (Å²) in [5.41, 5.74) is 6.06. The first-order valence-electron chi connectivity index (χ1n) is 7.47. The first-order chi connectivity index (χ1) is 9.47. The van der Waals surface area contributed by atoms with Crippen LogP contribution in [0, 0.1) is 5.92 Å². The maximum absolute atomic E-state index is 11.5. The van der Waals surface area contributed by atoms with Gasteiger partial charge in [0, 0.05) is 32.7 Å². The Morgan fingerprint density at radius 1 is 1.20 bits per heavy atom. The molecule has 0 aromatic rings. The summed E-state index contributed by atoms with van der Waals surface area (Å²) in [7, 11) is -3.06. The van der Waals surface area contributed by atoms with Crippen molar-refractivity contribution in [2.45, 2.75) is 32.1 Å². The van der Waals surface area contributed by atoms with E-state index in [9.17, 15) is 8.42 Å². The smallest absolute Gasteiger partial charge is 0.211 e. The molecular weight excluding hydrogens is 276 g/mol. The standard InChI is InChI=1S/C13H26N4O2S/c1-20(18,19)17-9-6-12(11-17)10-15-13(14)16-7-4-2-3-5-8-16/h12H,2-11H2,1H3,(H2,14,15)/t12-/m1/s1. The van der Waals surface area contributed by atoms with Crippen molar-refractivity contribution in [2.24, 2.45) is 16.6 Å². The minimum atomic E-state index is -3.06. The number of rotatable bonds is 3. The highest BCUT2D eigenvalue weighted by atomic mass is 32.2. The number of aliphatic imine (C=N–C) groups is 1. The molecule has 116 valence electrons. The van der Waals surface area contributed by atoms with Crippen LogP contribution in [0.5, 0.6) is 0 Å². The van der Waals surface area contributed by atoms with Crippen LogP contribution in [0.15, 0.2) is 4.99 Å². The molecule has 2 aliphatic heterocycles. The van der Waals surface area contributed by atoms with Crippen LogP contribution in [0.25, 0.3) is 0 Å². The van der Waals surface area contributed by atoms with Gasteiger partial charge in [-0.05, 0) is 25.2 Å². The van der Waals surface area contributed by atoms with Crippen LogP contribution in [0.4, 0.5) is 0 Å². The molecule has 0 unspecified atom stereocenters. The molecule has 0 saturated carbocycles. The minimum absolute atomic E-state index is 0.301. The number of sulfonamides is 1. The second-order valence-corrected chi connectivity index (χ2v) is 7.86. The first kappa shape index (κ1) is 15.6. The number of hydrogen-bond acceptors (Lipinski definition) is 3. The first-order valence-corrected chi connectivity index (χ1v) is 9.31. The van der Waals surface area contributed by atoms with Crippen LogP contribution in [0.3, 0.4) is 0 Å². The van der Waals surface area contributed by atoms with Crippen molar-refractivity contribution >= 4 is 16.0 Å². The van der Waals surface area contributed by atoms with Gasteiger partial charge >= 0.3 is 0 Å². The van der Waals surface area contributed by atoms with Crippen molar-refractivity contribution in [3.05, 3.63) is 0 Å². The summed E-state index contributed by atoms with van der Waals surface area (Å²) < 4.78 is 24.5. The topological polar surface area (TPSA) is 79.0 Å². The molecule has 2 rings (SSSR count). The summed E-state index contributed by atoms with van der Waals surface area (Å²) >= 11 is 0. The molecule has 0 radical (unpaired) electrons. The average molecular weight is 302 g/mol. The molecule has 0 amide bonds. The van der Waals surface area contributed by atoms with Crippen LogP contribution in [0.1, 0.15) is 32.1 Å². The Labute approximate surface area is 122 Å². The third-order valence-electron chi connectivity index (χ3n) is 4.16. The third-order valence-corrected chi connectivity index (χ3v) is 5.43. The quantitative estimate of drug-likeness (QED) is 0.607. The Kier molecular flexibility index (Phi) is 5.26. The minimum Gasteiger partial charge on any atom is -0.370 e. The van der Waals surface area contributed by atoms with E-state index in [2.05, 4.69) is 9.89 Å². The molecule has 0 spiro atoms. The highest BCUT2D eigenvalue weighted by Gasteiger charge is 2.28. The molecule has 0 aliphatic carbocycles. The second kappa shape index (κ2) is 6.76. The summed E-state index contributed by atoms with van der Waals surface area (Å²) in [4.78, 5) is 6.65. The molecular formula is C13H26N4O2S. The van der Waals surface area contributed by atoms with E-state index in [1.165, 1.54) is 36.2 Å². The zero-order valence-electron chi connectivity index (χ0n) is 12.3. The largest absolute Gasteiger partial charge is 0.370 e. The normalized spacial score (nSPS) is 26.8. The van der Waals surface area contributed by atoms with E-state index in [0.717, 1.165) is 19.5 Å². The fourth-order valence-electron chi connectivity index (χ4n) is 2.87. The molecule has 2 fully saturated rings. The molecule has 6 nitrogen and oxygen atoms in total. The van der Waals surface area contributed by atoms with Crippen LogP contribution in [-0.2, 0) is 10.0 Å². The zero-order chi connectivity index (χ0) is 14.6. The maximum Gasteiger partial charge on any atom is 0.211 e. The van der Waals surface area contributed by atoms with Crippen LogP contribution < -0.4 is 5.73 Å². The number of nitrogens with two attached hydrogens (primary N) is 1. The second-order valence-electron chi connectivity index (χ2n) is 5.88. The van der Waals surface area contributed by atoms with Gasteiger partial charge in [-0.3, -0.25) is 4.99 Å². The predicted octanol–water partition coefficient (Wildman–Crippen LogP) is 0.459. The van der Waals surface area contributed by atoms with Crippen molar-refractivity contribution in [1.82, 2.24) is 9.21 Å². The maximum atomic E-state index is 11.5.